The van der Waals surface area contributed by atoms with Crippen LogP contribution in [0.25, 0.3) is 22.3 Å². The summed E-state index contributed by atoms with van der Waals surface area (Å²) in [5.41, 5.74) is 6.32. The van der Waals surface area contributed by atoms with Crippen LogP contribution in [0, 0.1) is 20.8 Å². The number of benzene rings is 2. The molecule has 0 unspecified atom stereocenters. The van der Waals surface area contributed by atoms with Gasteiger partial charge in [-0.1, -0.05) is 35.5 Å². The SMILES string of the molecule is Cc1cc2nc(NC(=O)c3csc(C4CCN(C(=O)c5c(-c6ccccc6)noc5C)CC4)n3)[nH]c2cc1C. The summed E-state index contributed by atoms with van der Waals surface area (Å²) in [5.74, 6) is 0.747. The number of hydrogen-bond acceptors (Lipinski definition) is 7. The van der Waals surface area contributed by atoms with Gasteiger partial charge >= 0.3 is 0 Å². The average molecular weight is 541 g/mol. The first-order valence-corrected chi connectivity index (χ1v) is 13.8. The third-order valence-corrected chi connectivity index (χ3v) is 8.35. The Morgan fingerprint density at radius 3 is 2.56 bits per heavy atom. The number of anilines is 1. The number of aromatic nitrogens is 4. The molecule has 4 heterocycles. The van der Waals surface area contributed by atoms with Gasteiger partial charge in [0.25, 0.3) is 11.8 Å². The molecule has 6 rings (SSSR count). The van der Waals surface area contributed by atoms with Crippen molar-refractivity contribution in [3.63, 3.8) is 0 Å². The molecule has 9 nitrogen and oxygen atoms in total. The van der Waals surface area contributed by atoms with Gasteiger partial charge in [0, 0.05) is 30.0 Å². The van der Waals surface area contributed by atoms with E-state index < -0.39 is 0 Å². The van der Waals surface area contributed by atoms with Gasteiger partial charge < -0.3 is 14.4 Å². The predicted octanol–water partition coefficient (Wildman–Crippen LogP) is 5.87. The maximum absolute atomic E-state index is 13.4. The molecule has 0 spiro atoms. The van der Waals surface area contributed by atoms with Gasteiger partial charge in [-0.3, -0.25) is 14.9 Å². The van der Waals surface area contributed by atoms with Gasteiger partial charge in [-0.15, -0.1) is 11.3 Å². The number of carbonyl (C=O) groups excluding carboxylic acids is 2. The van der Waals surface area contributed by atoms with Crippen LogP contribution in [0.2, 0.25) is 0 Å². The van der Waals surface area contributed by atoms with E-state index in [-0.39, 0.29) is 17.7 Å². The van der Waals surface area contributed by atoms with Gasteiger partial charge in [0.15, 0.2) is 0 Å². The standard InChI is InChI=1S/C29H28N6O3S/c1-16-13-21-22(14-17(16)2)32-29(31-21)33-26(36)23-15-39-27(30-23)20-9-11-35(12-10-20)28(37)24-18(3)38-34-25(24)19-7-5-4-6-8-19/h4-8,13-15,20H,9-12H2,1-3H3,(H2,31,32,33,36). The summed E-state index contributed by atoms with van der Waals surface area (Å²) in [4.78, 5) is 40.5. The number of thiazole rings is 1. The molecule has 2 aromatic carbocycles. The normalized spacial score (nSPS) is 14.2. The molecule has 1 fully saturated rings. The largest absolute Gasteiger partial charge is 0.360 e. The van der Waals surface area contributed by atoms with Crippen LogP contribution in [0.4, 0.5) is 5.95 Å². The number of hydrogen-bond donors (Lipinski definition) is 2. The Hall–Kier alpha value is -4.31. The zero-order valence-corrected chi connectivity index (χ0v) is 22.8. The van der Waals surface area contributed by atoms with Gasteiger partial charge in [0.2, 0.25) is 5.95 Å². The highest BCUT2D eigenvalue weighted by molar-refractivity contribution is 7.10. The number of nitrogens with one attached hydrogen (secondary N) is 2. The topological polar surface area (TPSA) is 117 Å². The van der Waals surface area contributed by atoms with E-state index in [4.69, 9.17) is 4.52 Å². The van der Waals surface area contributed by atoms with Crippen molar-refractivity contribution in [1.29, 1.82) is 0 Å². The number of H-pyrrole nitrogens is 1. The van der Waals surface area contributed by atoms with Gasteiger partial charge in [-0.25, -0.2) is 9.97 Å². The minimum atomic E-state index is -0.297. The molecule has 5 aromatic rings. The maximum atomic E-state index is 13.4. The van der Waals surface area contributed by atoms with Crippen LogP contribution in [0.3, 0.4) is 0 Å². The molecule has 0 atom stereocenters. The van der Waals surface area contributed by atoms with Crippen molar-refractivity contribution in [2.45, 2.75) is 39.5 Å². The molecule has 0 bridgehead atoms. The molecule has 1 saturated heterocycles. The first-order valence-electron chi connectivity index (χ1n) is 12.9. The van der Waals surface area contributed by atoms with E-state index in [1.54, 1.807) is 12.3 Å². The lowest BCUT2D eigenvalue weighted by molar-refractivity contribution is 0.0711. The molecule has 2 N–H and O–H groups in total. The highest BCUT2D eigenvalue weighted by Gasteiger charge is 2.31. The molecular weight excluding hydrogens is 512 g/mol. The van der Waals surface area contributed by atoms with Crippen LogP contribution in [-0.4, -0.2) is 49.9 Å². The van der Waals surface area contributed by atoms with Crippen LogP contribution in [0.1, 0.15) is 61.5 Å². The summed E-state index contributed by atoms with van der Waals surface area (Å²) in [6, 6.07) is 13.6. The Morgan fingerprint density at radius 1 is 1.05 bits per heavy atom. The highest BCUT2D eigenvalue weighted by Crippen LogP contribution is 2.33. The molecule has 0 aliphatic carbocycles. The van der Waals surface area contributed by atoms with Gasteiger partial charge in [-0.05, 0) is 56.9 Å². The fourth-order valence-electron chi connectivity index (χ4n) is 4.98. The van der Waals surface area contributed by atoms with Crippen molar-refractivity contribution >= 4 is 40.1 Å². The van der Waals surface area contributed by atoms with E-state index in [9.17, 15) is 9.59 Å². The summed E-state index contributed by atoms with van der Waals surface area (Å²) in [6.45, 7) is 7.05. The number of nitrogens with zero attached hydrogens (tertiary/aromatic N) is 4. The fourth-order valence-corrected chi connectivity index (χ4v) is 5.96. The minimum absolute atomic E-state index is 0.0681. The lowest BCUT2D eigenvalue weighted by atomic mass is 9.96. The zero-order chi connectivity index (χ0) is 27.1. The summed E-state index contributed by atoms with van der Waals surface area (Å²) in [7, 11) is 0. The number of carbonyl (C=O) groups is 2. The van der Waals surface area contributed by atoms with E-state index in [0.717, 1.165) is 45.6 Å². The molecule has 0 saturated carbocycles. The molecule has 39 heavy (non-hydrogen) atoms. The Kier molecular flexibility index (Phi) is 6.48. The van der Waals surface area contributed by atoms with E-state index in [2.05, 4.69) is 25.4 Å². The first-order chi connectivity index (χ1) is 18.9. The van der Waals surface area contributed by atoms with Gasteiger partial charge in [0.1, 0.15) is 22.7 Å². The summed E-state index contributed by atoms with van der Waals surface area (Å²) >= 11 is 1.48. The van der Waals surface area contributed by atoms with Crippen molar-refractivity contribution < 1.29 is 14.1 Å². The zero-order valence-electron chi connectivity index (χ0n) is 21.9. The van der Waals surface area contributed by atoms with Crippen molar-refractivity contribution in [3.8, 4) is 11.3 Å². The molecule has 1 aliphatic heterocycles. The van der Waals surface area contributed by atoms with E-state index in [1.165, 1.54) is 11.3 Å². The molecular formula is C29H28N6O3S. The second kappa shape index (κ2) is 10.1. The number of aromatic amines is 1. The molecule has 198 valence electrons. The second-order valence-electron chi connectivity index (χ2n) is 9.96. The van der Waals surface area contributed by atoms with E-state index in [0.29, 0.717) is 41.7 Å². The van der Waals surface area contributed by atoms with Crippen LogP contribution in [0.5, 0.6) is 0 Å². The van der Waals surface area contributed by atoms with Crippen molar-refractivity contribution in [1.82, 2.24) is 25.0 Å². The van der Waals surface area contributed by atoms with Crippen molar-refractivity contribution in [3.05, 3.63) is 81.0 Å². The minimum Gasteiger partial charge on any atom is -0.360 e. The third kappa shape index (κ3) is 4.83. The smallest absolute Gasteiger partial charge is 0.277 e. The van der Waals surface area contributed by atoms with Gasteiger partial charge in [-0.2, -0.15) is 0 Å². The van der Waals surface area contributed by atoms with Crippen molar-refractivity contribution in [2.75, 3.05) is 18.4 Å². The molecule has 3 aromatic heterocycles. The van der Waals surface area contributed by atoms with Crippen LogP contribution in [-0.2, 0) is 0 Å². The van der Waals surface area contributed by atoms with Crippen LogP contribution in [0.15, 0.2) is 52.4 Å². The van der Waals surface area contributed by atoms with E-state index >= 15 is 0 Å². The number of imidazole rings is 1. The molecule has 1 aliphatic rings. The lowest BCUT2D eigenvalue weighted by Crippen LogP contribution is -2.38. The number of piperidine rings is 1. The summed E-state index contributed by atoms with van der Waals surface area (Å²) < 4.78 is 5.40. The Labute approximate surface area is 229 Å². The fraction of sp³-hybridized carbons (Fsp3) is 0.276. The molecule has 2 amide bonds. The Bertz CT molecular complexity index is 1640. The average Bonchev–Trinajstić information content (AvgIpc) is 3.68. The number of fused-ring (bicyclic) bond motifs is 1. The monoisotopic (exact) mass is 540 g/mol. The van der Waals surface area contributed by atoms with Crippen LogP contribution >= 0.6 is 11.3 Å². The van der Waals surface area contributed by atoms with Gasteiger partial charge in [0.05, 0.1) is 16.0 Å². The number of amides is 2. The maximum Gasteiger partial charge on any atom is 0.277 e. The summed E-state index contributed by atoms with van der Waals surface area (Å²) in [5, 5.41) is 9.69. The van der Waals surface area contributed by atoms with E-state index in [1.807, 2.05) is 61.2 Å². The van der Waals surface area contributed by atoms with Crippen LogP contribution < -0.4 is 5.32 Å². The summed E-state index contributed by atoms with van der Waals surface area (Å²) in [6.07, 6.45) is 1.54. The number of aryl methyl sites for hydroxylation is 3. The number of rotatable bonds is 5. The third-order valence-electron chi connectivity index (χ3n) is 7.34. The molecule has 0 radical (unpaired) electrons. The first kappa shape index (κ1) is 25.0. The Balaban J connectivity index is 1.10. The molecule has 10 heteroatoms. The lowest BCUT2D eigenvalue weighted by Gasteiger charge is -2.31. The predicted molar refractivity (Wildman–Crippen MR) is 150 cm³/mol. The van der Waals surface area contributed by atoms with Crippen molar-refractivity contribution in [2.24, 2.45) is 0 Å². The highest BCUT2D eigenvalue weighted by atomic mass is 32.1. The Morgan fingerprint density at radius 2 is 1.79 bits per heavy atom. The quantitative estimate of drug-likeness (QED) is 0.288. The second-order valence-corrected chi connectivity index (χ2v) is 10.8. The number of likely N-dealkylation sites (tertiary alicyclic amines) is 1.